The molecule has 1 aromatic carbocycles. The summed E-state index contributed by atoms with van der Waals surface area (Å²) in [6, 6.07) is 11.3. The van der Waals surface area contributed by atoms with E-state index >= 15 is 0 Å². The molecular weight excluding hydrogens is 212 g/mol. The summed E-state index contributed by atoms with van der Waals surface area (Å²) in [6.07, 6.45) is 2.58. The van der Waals surface area contributed by atoms with Gasteiger partial charge in [-0.15, -0.1) is 0 Å². The Morgan fingerprint density at radius 1 is 1.29 bits per heavy atom. The molecule has 2 fully saturated rings. The smallest absolute Gasteiger partial charge is 0.220 e. The molecule has 0 spiro atoms. The molecule has 0 aromatic heterocycles. The summed E-state index contributed by atoms with van der Waals surface area (Å²) >= 11 is 0. The molecule has 3 rings (SSSR count). The highest BCUT2D eigenvalue weighted by atomic mass is 16.1. The number of piperidine rings is 1. The number of benzene rings is 1. The zero-order valence-corrected chi connectivity index (χ0v) is 10.1. The summed E-state index contributed by atoms with van der Waals surface area (Å²) in [6.45, 7) is 2.16. The van der Waals surface area contributed by atoms with E-state index in [2.05, 4.69) is 41.8 Å². The van der Waals surface area contributed by atoms with Crippen molar-refractivity contribution in [2.24, 2.45) is 0 Å². The molecule has 0 aliphatic carbocycles. The number of rotatable bonds is 1. The van der Waals surface area contributed by atoms with Crippen LogP contribution in [0.15, 0.2) is 30.3 Å². The van der Waals surface area contributed by atoms with Crippen LogP contribution >= 0.6 is 0 Å². The predicted molar refractivity (Wildman–Crippen MR) is 66.5 cm³/mol. The predicted octanol–water partition coefficient (Wildman–Crippen LogP) is 1.76. The molecule has 2 heterocycles. The molecule has 3 heteroatoms. The molecule has 0 saturated carbocycles. The fraction of sp³-hybridized carbons (Fsp3) is 0.500. The number of carbonyl (C=O) groups excluding carboxylic acids is 1. The van der Waals surface area contributed by atoms with Crippen LogP contribution in [0, 0.1) is 0 Å². The zero-order chi connectivity index (χ0) is 11.9. The van der Waals surface area contributed by atoms with E-state index < -0.39 is 0 Å². The number of nitrogens with one attached hydrogen (secondary N) is 2. The van der Waals surface area contributed by atoms with Crippen LogP contribution in [0.2, 0.25) is 0 Å². The number of fused-ring (bicyclic) bond motifs is 1. The molecule has 3 nitrogen and oxygen atoms in total. The monoisotopic (exact) mass is 230 g/mol. The van der Waals surface area contributed by atoms with Gasteiger partial charge in [0.05, 0.1) is 5.54 Å². The average Bonchev–Trinajstić information content (AvgIpc) is 2.66. The minimum Gasteiger partial charge on any atom is -0.349 e. The third kappa shape index (κ3) is 1.84. The van der Waals surface area contributed by atoms with Crippen LogP contribution in [0.1, 0.15) is 37.8 Å². The Morgan fingerprint density at radius 2 is 2.06 bits per heavy atom. The van der Waals surface area contributed by atoms with Gasteiger partial charge in [0, 0.05) is 18.5 Å². The van der Waals surface area contributed by atoms with E-state index in [1.54, 1.807) is 0 Å². The minimum atomic E-state index is -0.0736. The van der Waals surface area contributed by atoms with Gasteiger partial charge in [0.1, 0.15) is 0 Å². The van der Waals surface area contributed by atoms with Crippen molar-refractivity contribution in [3.05, 3.63) is 35.9 Å². The summed E-state index contributed by atoms with van der Waals surface area (Å²) < 4.78 is 0. The lowest BCUT2D eigenvalue weighted by molar-refractivity contribution is -0.125. The Morgan fingerprint density at radius 3 is 2.82 bits per heavy atom. The van der Waals surface area contributed by atoms with Crippen molar-refractivity contribution in [1.29, 1.82) is 0 Å². The van der Waals surface area contributed by atoms with Gasteiger partial charge in [-0.05, 0) is 25.3 Å². The Balaban J connectivity index is 1.83. The highest BCUT2D eigenvalue weighted by Crippen LogP contribution is 2.37. The van der Waals surface area contributed by atoms with Crippen LogP contribution in [0.3, 0.4) is 0 Å². The fourth-order valence-corrected chi connectivity index (χ4v) is 3.15. The van der Waals surface area contributed by atoms with E-state index in [0.717, 1.165) is 12.8 Å². The van der Waals surface area contributed by atoms with Gasteiger partial charge in [0.15, 0.2) is 0 Å². The summed E-state index contributed by atoms with van der Waals surface area (Å²) in [5.41, 5.74) is 1.24. The van der Waals surface area contributed by atoms with E-state index in [4.69, 9.17) is 0 Å². The van der Waals surface area contributed by atoms with Crippen molar-refractivity contribution in [3.63, 3.8) is 0 Å². The van der Waals surface area contributed by atoms with Gasteiger partial charge in [-0.25, -0.2) is 0 Å². The summed E-state index contributed by atoms with van der Waals surface area (Å²) in [5.74, 6) is 0.194. The van der Waals surface area contributed by atoms with Crippen molar-refractivity contribution >= 4 is 5.91 Å². The second-order valence-corrected chi connectivity index (χ2v) is 5.39. The lowest BCUT2D eigenvalue weighted by Crippen LogP contribution is -2.57. The molecular formula is C14H18N2O. The highest BCUT2D eigenvalue weighted by molar-refractivity contribution is 5.78. The van der Waals surface area contributed by atoms with Gasteiger partial charge >= 0.3 is 0 Å². The average molecular weight is 230 g/mol. The third-order valence-corrected chi connectivity index (χ3v) is 4.09. The SMILES string of the molecule is C[C@]12C[C@@H](c3ccccc3)N[C@H]1CCC(=O)N2. The van der Waals surface area contributed by atoms with Crippen molar-refractivity contribution in [1.82, 2.24) is 10.6 Å². The lowest BCUT2D eigenvalue weighted by Gasteiger charge is -2.36. The molecule has 1 amide bonds. The van der Waals surface area contributed by atoms with Gasteiger partial charge in [-0.3, -0.25) is 4.79 Å². The maximum atomic E-state index is 11.5. The van der Waals surface area contributed by atoms with E-state index in [1.807, 2.05) is 6.07 Å². The van der Waals surface area contributed by atoms with Gasteiger partial charge in [-0.1, -0.05) is 30.3 Å². The number of carbonyl (C=O) groups is 1. The number of amides is 1. The first-order chi connectivity index (χ1) is 8.17. The van der Waals surface area contributed by atoms with Crippen molar-refractivity contribution in [3.8, 4) is 0 Å². The first-order valence-corrected chi connectivity index (χ1v) is 6.29. The Hall–Kier alpha value is -1.35. The minimum absolute atomic E-state index is 0.0736. The second-order valence-electron chi connectivity index (χ2n) is 5.39. The summed E-state index contributed by atoms with van der Waals surface area (Å²) in [4.78, 5) is 11.5. The van der Waals surface area contributed by atoms with Crippen LogP contribution in [0.25, 0.3) is 0 Å². The van der Waals surface area contributed by atoms with E-state index in [9.17, 15) is 4.79 Å². The highest BCUT2D eigenvalue weighted by Gasteiger charge is 2.46. The molecule has 2 aliphatic heterocycles. The fourth-order valence-electron chi connectivity index (χ4n) is 3.15. The van der Waals surface area contributed by atoms with E-state index in [-0.39, 0.29) is 11.4 Å². The van der Waals surface area contributed by atoms with Crippen LogP contribution in [-0.4, -0.2) is 17.5 Å². The quantitative estimate of drug-likeness (QED) is 0.772. The first-order valence-electron chi connectivity index (χ1n) is 6.29. The van der Waals surface area contributed by atoms with Crippen LogP contribution < -0.4 is 10.6 Å². The molecule has 0 unspecified atom stereocenters. The zero-order valence-electron chi connectivity index (χ0n) is 10.1. The third-order valence-electron chi connectivity index (χ3n) is 4.09. The topological polar surface area (TPSA) is 41.1 Å². The number of hydrogen-bond donors (Lipinski definition) is 2. The molecule has 90 valence electrons. The largest absolute Gasteiger partial charge is 0.349 e. The molecule has 3 atom stereocenters. The lowest BCUT2D eigenvalue weighted by atomic mass is 9.84. The normalized spacial score (nSPS) is 36.4. The first kappa shape index (κ1) is 10.8. The summed E-state index contributed by atoms with van der Waals surface area (Å²) in [5, 5.41) is 6.81. The van der Waals surface area contributed by atoms with Crippen molar-refractivity contribution in [2.45, 2.75) is 43.8 Å². The number of hydrogen-bond acceptors (Lipinski definition) is 2. The van der Waals surface area contributed by atoms with E-state index in [0.29, 0.717) is 18.5 Å². The molecule has 2 N–H and O–H groups in total. The summed E-state index contributed by atoms with van der Waals surface area (Å²) in [7, 11) is 0. The van der Waals surface area contributed by atoms with Crippen LogP contribution in [0.5, 0.6) is 0 Å². The maximum absolute atomic E-state index is 11.5. The molecule has 2 aliphatic rings. The second kappa shape index (κ2) is 3.84. The molecule has 0 bridgehead atoms. The van der Waals surface area contributed by atoms with Gasteiger partial charge in [0.25, 0.3) is 0 Å². The molecule has 1 aromatic rings. The Kier molecular flexibility index (Phi) is 2.44. The van der Waals surface area contributed by atoms with Gasteiger partial charge < -0.3 is 10.6 Å². The van der Waals surface area contributed by atoms with Crippen LogP contribution in [0.4, 0.5) is 0 Å². The Bertz CT molecular complexity index is 431. The molecule has 0 radical (unpaired) electrons. The Labute approximate surface area is 102 Å². The maximum Gasteiger partial charge on any atom is 0.220 e. The van der Waals surface area contributed by atoms with Crippen LogP contribution in [-0.2, 0) is 4.79 Å². The molecule has 2 saturated heterocycles. The van der Waals surface area contributed by atoms with Gasteiger partial charge in [-0.2, -0.15) is 0 Å². The van der Waals surface area contributed by atoms with E-state index in [1.165, 1.54) is 5.56 Å². The van der Waals surface area contributed by atoms with Gasteiger partial charge in [0.2, 0.25) is 5.91 Å². The standard InChI is InChI=1S/C14H18N2O/c1-14-9-11(10-5-3-2-4-6-10)15-12(14)7-8-13(17)16-14/h2-6,11-12,15H,7-9H2,1H3,(H,16,17)/t11-,12-,14-/m0/s1. The van der Waals surface area contributed by atoms with Crippen molar-refractivity contribution < 1.29 is 4.79 Å². The van der Waals surface area contributed by atoms with Crippen molar-refractivity contribution in [2.75, 3.05) is 0 Å². The molecule has 17 heavy (non-hydrogen) atoms.